The standard InChI is InChI=1S/CH3NO2S2.Na.H/c3-1(4)2(5)6;;/h5-6H,(H,3,4);;. The number of carbonyl (C=O) groups is 1. The summed E-state index contributed by atoms with van der Waals surface area (Å²) in [7, 11) is 0. The van der Waals surface area contributed by atoms with Crippen LogP contribution in [0.4, 0.5) is 4.79 Å². The fraction of sp³-hybridized carbons (Fsp3) is 0. The normalized spacial score (nSPS) is 6.57. The molecule has 0 unspecified atom stereocenters. The third-order valence-electron chi connectivity index (χ3n) is 0.171. The molecule has 7 heavy (non-hydrogen) atoms. The predicted octanol–water partition coefficient (Wildman–Crippen LogP) is 0.00750. The first-order chi connectivity index (χ1) is 2.64. The monoisotopic (exact) mass is 149 g/mol. The van der Waals surface area contributed by atoms with Gasteiger partial charge in [-0.1, -0.05) is 0 Å². The molecule has 0 aliphatic carbocycles. The molecule has 0 aliphatic heterocycles. The van der Waals surface area contributed by atoms with Gasteiger partial charge in [0.2, 0.25) is 0 Å². The fourth-order valence-electron chi connectivity index (χ4n) is 0. The van der Waals surface area contributed by atoms with Crippen LogP contribution in [-0.4, -0.2) is 44.5 Å². The van der Waals surface area contributed by atoms with E-state index in [-0.39, 0.29) is 29.6 Å². The van der Waals surface area contributed by atoms with Crippen molar-refractivity contribution in [3.05, 3.63) is 0 Å². The zero-order valence-electron chi connectivity index (χ0n) is 2.70. The first-order valence-corrected chi connectivity index (χ1v) is 1.85. The third-order valence-corrected chi connectivity index (χ3v) is 0.513. The van der Waals surface area contributed by atoms with Crippen LogP contribution in [0.5, 0.6) is 0 Å². The molecule has 0 saturated carbocycles. The summed E-state index contributed by atoms with van der Waals surface area (Å²) in [6.07, 6.45) is -1.18. The molecule has 0 radical (unpaired) electrons. The Labute approximate surface area is 74.4 Å². The maximum atomic E-state index is 9.47. The summed E-state index contributed by atoms with van der Waals surface area (Å²) >= 11 is 6.58. The first-order valence-electron chi connectivity index (χ1n) is 1.05. The second-order valence-electron chi connectivity index (χ2n) is 0.572. The predicted molar refractivity (Wildman–Crippen MR) is 35.0 cm³/mol. The summed E-state index contributed by atoms with van der Waals surface area (Å²) in [6.45, 7) is 0. The number of thiol groups is 2. The molecule has 0 heterocycles. The summed E-state index contributed by atoms with van der Waals surface area (Å²) in [5, 5.41) is 7.76. The summed E-state index contributed by atoms with van der Waals surface area (Å²) in [6, 6.07) is 0. The zero-order chi connectivity index (χ0) is 5.15. The van der Waals surface area contributed by atoms with Crippen molar-refractivity contribution >= 4 is 61.3 Å². The van der Waals surface area contributed by atoms with Gasteiger partial charge in [-0.3, -0.25) is 0 Å². The number of hydrogen-bond donors (Lipinski definition) is 3. The Bertz CT molecular complexity index is 66.7. The molecule has 0 aromatic carbocycles. The Balaban J connectivity index is 0. The Morgan fingerprint density at radius 2 is 1.71 bits per heavy atom. The average Bonchev–Trinajstić information content (AvgIpc) is 1.36. The number of carboxylic acid groups (broad SMARTS) is 1. The van der Waals surface area contributed by atoms with E-state index in [1.54, 1.807) is 0 Å². The van der Waals surface area contributed by atoms with Gasteiger partial charge in [-0.2, -0.15) is 3.71 Å². The molecule has 0 bridgehead atoms. The topological polar surface area (TPSA) is 40.5 Å². The quantitative estimate of drug-likeness (QED) is 0.335. The van der Waals surface area contributed by atoms with Crippen LogP contribution in [-0.2, 0) is 0 Å². The molecule has 0 rings (SSSR count). The van der Waals surface area contributed by atoms with Crippen molar-refractivity contribution in [2.24, 2.45) is 0 Å². The minimum atomic E-state index is -1.18. The molecule has 0 saturated heterocycles. The van der Waals surface area contributed by atoms with Crippen LogP contribution in [0.15, 0.2) is 0 Å². The molecule has 1 amide bonds. The molecule has 0 atom stereocenters. The van der Waals surface area contributed by atoms with Crippen molar-refractivity contribution in [1.29, 1.82) is 0 Å². The van der Waals surface area contributed by atoms with Crippen molar-refractivity contribution in [2.45, 2.75) is 0 Å². The van der Waals surface area contributed by atoms with E-state index >= 15 is 0 Å². The number of amides is 1. The van der Waals surface area contributed by atoms with Gasteiger partial charge in [0.15, 0.2) is 0 Å². The van der Waals surface area contributed by atoms with Gasteiger partial charge in [-0.25, -0.2) is 4.79 Å². The number of hydrogen-bond acceptors (Lipinski definition) is 3. The van der Waals surface area contributed by atoms with Gasteiger partial charge >= 0.3 is 35.7 Å². The van der Waals surface area contributed by atoms with Crippen LogP contribution in [0, 0.1) is 0 Å². The van der Waals surface area contributed by atoms with E-state index in [1.165, 1.54) is 0 Å². The Kier molecular flexibility index (Phi) is 7.94. The third kappa shape index (κ3) is 6.97. The molecule has 0 aromatic rings. The van der Waals surface area contributed by atoms with Gasteiger partial charge in [-0.05, 0) is 25.6 Å². The SMILES string of the molecule is O=C(O)N(S)S.[NaH]. The first kappa shape index (κ1) is 10.9. The van der Waals surface area contributed by atoms with Gasteiger partial charge in [0.05, 0.1) is 0 Å². The van der Waals surface area contributed by atoms with Crippen LogP contribution >= 0.6 is 25.6 Å². The number of nitrogens with zero attached hydrogens (tertiary/aromatic N) is 1. The van der Waals surface area contributed by atoms with Crippen molar-refractivity contribution < 1.29 is 9.90 Å². The minimum absolute atomic E-state index is 0. The Morgan fingerprint density at radius 1 is 1.57 bits per heavy atom. The second-order valence-corrected chi connectivity index (χ2v) is 1.69. The van der Waals surface area contributed by atoms with E-state index in [2.05, 4.69) is 25.6 Å². The molecule has 38 valence electrons. The molecule has 1 N–H and O–H groups in total. The number of rotatable bonds is 0. The average molecular weight is 149 g/mol. The maximum absolute atomic E-state index is 9.47. The van der Waals surface area contributed by atoms with Crippen molar-refractivity contribution in [2.75, 3.05) is 0 Å². The summed E-state index contributed by atoms with van der Waals surface area (Å²) in [4.78, 5) is 9.47. The van der Waals surface area contributed by atoms with Crippen molar-refractivity contribution in [3.63, 3.8) is 0 Å². The molecular weight excluding hydrogens is 145 g/mol. The van der Waals surface area contributed by atoms with Gasteiger partial charge in [0, 0.05) is 0 Å². The zero-order valence-corrected chi connectivity index (χ0v) is 4.49. The van der Waals surface area contributed by atoms with E-state index in [0.29, 0.717) is 3.71 Å². The van der Waals surface area contributed by atoms with Gasteiger partial charge in [-0.15, -0.1) is 0 Å². The molecule has 0 spiro atoms. The van der Waals surface area contributed by atoms with Crippen LogP contribution < -0.4 is 0 Å². The summed E-state index contributed by atoms with van der Waals surface area (Å²) in [5.41, 5.74) is 0. The molecular formula is CH4NNaO2S2. The van der Waals surface area contributed by atoms with E-state index in [4.69, 9.17) is 5.11 Å². The summed E-state index contributed by atoms with van der Waals surface area (Å²) < 4.78 is 0.472. The van der Waals surface area contributed by atoms with E-state index in [9.17, 15) is 4.79 Å². The summed E-state index contributed by atoms with van der Waals surface area (Å²) in [5.74, 6) is 0. The second kappa shape index (κ2) is 5.11. The van der Waals surface area contributed by atoms with Crippen molar-refractivity contribution in [1.82, 2.24) is 3.71 Å². The Morgan fingerprint density at radius 3 is 1.71 bits per heavy atom. The van der Waals surface area contributed by atoms with Gasteiger partial charge < -0.3 is 5.11 Å². The molecule has 0 aromatic heterocycles. The fourth-order valence-corrected chi connectivity index (χ4v) is 0. The van der Waals surface area contributed by atoms with Crippen LogP contribution in [0.1, 0.15) is 0 Å². The Hall–Kier alpha value is 0.970. The van der Waals surface area contributed by atoms with Gasteiger partial charge in [0.25, 0.3) is 0 Å². The van der Waals surface area contributed by atoms with E-state index in [0.717, 1.165) is 0 Å². The van der Waals surface area contributed by atoms with E-state index < -0.39 is 6.09 Å². The van der Waals surface area contributed by atoms with Crippen LogP contribution in [0.2, 0.25) is 0 Å². The molecule has 3 nitrogen and oxygen atoms in total. The molecule has 6 heteroatoms. The van der Waals surface area contributed by atoms with Gasteiger partial charge in [0.1, 0.15) is 0 Å². The van der Waals surface area contributed by atoms with Crippen LogP contribution in [0.25, 0.3) is 0 Å². The van der Waals surface area contributed by atoms with Crippen molar-refractivity contribution in [3.8, 4) is 0 Å². The molecule has 0 fully saturated rings. The van der Waals surface area contributed by atoms with E-state index in [1.807, 2.05) is 0 Å². The van der Waals surface area contributed by atoms with Crippen LogP contribution in [0.3, 0.4) is 0 Å². The molecule has 0 aliphatic rings.